The topological polar surface area (TPSA) is 80.2 Å². The molecule has 4 rings (SSSR count). The van der Waals surface area contributed by atoms with E-state index in [9.17, 15) is 14.0 Å². The fraction of sp³-hybridized carbons (Fsp3) is 0.348. The second-order valence-electron chi connectivity index (χ2n) is 8.18. The van der Waals surface area contributed by atoms with Gasteiger partial charge >= 0.3 is 0 Å². The summed E-state index contributed by atoms with van der Waals surface area (Å²) in [5, 5.41) is 7.99. The summed E-state index contributed by atoms with van der Waals surface area (Å²) in [6, 6.07) is 7.53. The second kappa shape index (κ2) is 8.93. The largest absolute Gasteiger partial charge is 0.384 e. The van der Waals surface area contributed by atoms with Crippen LogP contribution in [-0.2, 0) is 20.1 Å². The van der Waals surface area contributed by atoms with Gasteiger partial charge in [-0.25, -0.2) is 9.45 Å². The molecular weight excluding hydrogens is 472 g/mol. The molecule has 1 N–H and O–H groups in total. The minimum Gasteiger partial charge on any atom is -0.384 e. The average molecular weight is 494 g/mol. The molecule has 2 aromatic rings. The first-order valence-electron chi connectivity index (χ1n) is 10.4. The fourth-order valence-corrected chi connectivity index (χ4v) is 4.36. The standard InChI is InChI=1S/C23H22Cl2FN3O4/c1-4-29-22(31)19(11-32-29)27-21(30)15-6-5-13(7-12(15)2)18-10-23(3,33-28-18)14-8-16(24)20(26)17(25)9-14/h5-9,19H,4,10-11H2,1-3H3,(H,27,30)/t19-,23?/m1/s1. The zero-order valence-corrected chi connectivity index (χ0v) is 19.8. The van der Waals surface area contributed by atoms with Crippen molar-refractivity contribution in [1.82, 2.24) is 10.4 Å². The molecule has 0 saturated carbocycles. The van der Waals surface area contributed by atoms with Crippen molar-refractivity contribution in [3.8, 4) is 0 Å². The summed E-state index contributed by atoms with van der Waals surface area (Å²) in [4.78, 5) is 35.9. The first kappa shape index (κ1) is 23.5. The second-order valence-corrected chi connectivity index (χ2v) is 8.99. The number of hydrogen-bond donors (Lipinski definition) is 1. The lowest BCUT2D eigenvalue weighted by molar-refractivity contribution is -0.160. The summed E-state index contributed by atoms with van der Waals surface area (Å²) in [5.74, 6) is -1.30. The number of carbonyl (C=O) groups excluding carboxylic acids is 2. The van der Waals surface area contributed by atoms with Gasteiger partial charge in [-0.3, -0.25) is 14.4 Å². The first-order valence-corrected chi connectivity index (χ1v) is 11.1. The molecule has 2 aromatic carbocycles. The molecule has 1 saturated heterocycles. The van der Waals surface area contributed by atoms with Crippen LogP contribution in [0.25, 0.3) is 0 Å². The monoisotopic (exact) mass is 493 g/mol. The van der Waals surface area contributed by atoms with Crippen LogP contribution in [0.5, 0.6) is 0 Å². The number of amides is 2. The summed E-state index contributed by atoms with van der Waals surface area (Å²) in [6.07, 6.45) is 0.400. The lowest BCUT2D eigenvalue weighted by Crippen LogP contribution is -2.42. The smallest absolute Gasteiger partial charge is 0.271 e. The minimum atomic E-state index is -0.867. The number of likely N-dealkylation sites (N-methyl/N-ethyl adjacent to an activating group) is 1. The first-order chi connectivity index (χ1) is 15.6. The minimum absolute atomic E-state index is 0.0878. The van der Waals surface area contributed by atoms with Crippen molar-refractivity contribution in [2.45, 2.75) is 38.8 Å². The molecule has 0 bridgehead atoms. The van der Waals surface area contributed by atoms with Crippen LogP contribution in [0.1, 0.15) is 47.3 Å². The summed E-state index contributed by atoms with van der Waals surface area (Å²) in [5.41, 5.74) is 2.35. The third-order valence-corrected chi connectivity index (χ3v) is 6.34. The maximum Gasteiger partial charge on any atom is 0.271 e. The molecule has 2 heterocycles. The maximum absolute atomic E-state index is 13.8. The van der Waals surface area contributed by atoms with Gasteiger partial charge in [-0.2, -0.15) is 0 Å². The number of hydroxylamine groups is 2. The highest BCUT2D eigenvalue weighted by molar-refractivity contribution is 6.35. The van der Waals surface area contributed by atoms with Gasteiger partial charge in [0.1, 0.15) is 12.6 Å². The summed E-state index contributed by atoms with van der Waals surface area (Å²) in [6.45, 7) is 5.94. The molecule has 0 aliphatic carbocycles. The zero-order chi connectivity index (χ0) is 23.9. The molecule has 0 radical (unpaired) electrons. The number of oxime groups is 1. The SMILES string of the molecule is CCN1OC[C@@H](NC(=O)c2ccc(C3=NOC(C)(c4cc(Cl)c(F)c(Cl)c4)C3)cc2C)C1=O. The average Bonchev–Trinajstić information content (AvgIpc) is 3.35. The third kappa shape index (κ3) is 4.43. The zero-order valence-electron chi connectivity index (χ0n) is 18.2. The van der Waals surface area contributed by atoms with Gasteiger partial charge in [-0.05, 0) is 56.2 Å². The highest BCUT2D eigenvalue weighted by Crippen LogP contribution is 2.39. The predicted octanol–water partition coefficient (Wildman–Crippen LogP) is 4.37. The van der Waals surface area contributed by atoms with Crippen LogP contribution in [0.3, 0.4) is 0 Å². The lowest BCUT2D eigenvalue weighted by Gasteiger charge is -2.22. The van der Waals surface area contributed by atoms with E-state index < -0.39 is 17.5 Å². The molecule has 2 aliphatic heterocycles. The van der Waals surface area contributed by atoms with Gasteiger partial charge in [0, 0.05) is 24.1 Å². The Morgan fingerprint density at radius 3 is 2.61 bits per heavy atom. The summed E-state index contributed by atoms with van der Waals surface area (Å²) in [7, 11) is 0. The lowest BCUT2D eigenvalue weighted by atomic mass is 9.88. The highest BCUT2D eigenvalue weighted by atomic mass is 35.5. The van der Waals surface area contributed by atoms with Crippen LogP contribution < -0.4 is 5.32 Å². The molecular formula is C23H22Cl2FN3O4. The predicted molar refractivity (Wildman–Crippen MR) is 122 cm³/mol. The Morgan fingerprint density at radius 2 is 2.00 bits per heavy atom. The fourth-order valence-electron chi connectivity index (χ4n) is 3.87. The normalized spacial score (nSPS) is 22.4. The van der Waals surface area contributed by atoms with Gasteiger partial charge in [0.25, 0.3) is 11.8 Å². The van der Waals surface area contributed by atoms with E-state index >= 15 is 0 Å². The number of nitrogens with one attached hydrogen (secondary N) is 1. The number of halogens is 3. The number of nitrogens with zero attached hydrogens (tertiary/aromatic N) is 2. The van der Waals surface area contributed by atoms with E-state index in [2.05, 4.69) is 10.5 Å². The van der Waals surface area contributed by atoms with Crippen LogP contribution in [-0.4, -0.2) is 41.8 Å². The number of aryl methyl sites for hydroxylation is 1. The molecule has 0 aromatic heterocycles. The van der Waals surface area contributed by atoms with Gasteiger partial charge in [0.05, 0.1) is 15.8 Å². The van der Waals surface area contributed by atoms with Crippen LogP contribution >= 0.6 is 23.2 Å². The Labute approximate surface area is 200 Å². The Kier molecular flexibility index (Phi) is 6.35. The Morgan fingerprint density at radius 1 is 1.30 bits per heavy atom. The number of benzene rings is 2. The third-order valence-electron chi connectivity index (χ3n) is 5.79. The summed E-state index contributed by atoms with van der Waals surface area (Å²) < 4.78 is 13.8. The van der Waals surface area contributed by atoms with Crippen molar-refractivity contribution >= 4 is 40.7 Å². The maximum atomic E-state index is 13.8. The van der Waals surface area contributed by atoms with Crippen molar-refractivity contribution in [2.24, 2.45) is 5.16 Å². The van der Waals surface area contributed by atoms with Gasteiger partial charge < -0.3 is 10.2 Å². The molecule has 10 heteroatoms. The van der Waals surface area contributed by atoms with Gasteiger partial charge in [0.15, 0.2) is 11.4 Å². The van der Waals surface area contributed by atoms with Crippen molar-refractivity contribution in [3.63, 3.8) is 0 Å². The summed E-state index contributed by atoms with van der Waals surface area (Å²) >= 11 is 11.9. The van der Waals surface area contributed by atoms with E-state index in [-0.39, 0.29) is 28.5 Å². The van der Waals surface area contributed by atoms with Crippen LogP contribution in [0.15, 0.2) is 35.5 Å². The van der Waals surface area contributed by atoms with Crippen molar-refractivity contribution in [3.05, 3.63) is 68.4 Å². The molecule has 7 nitrogen and oxygen atoms in total. The van der Waals surface area contributed by atoms with Crippen molar-refractivity contribution < 1.29 is 23.7 Å². The molecule has 1 fully saturated rings. The number of carbonyl (C=O) groups is 2. The molecule has 1 unspecified atom stereocenters. The highest BCUT2D eigenvalue weighted by Gasteiger charge is 2.38. The van der Waals surface area contributed by atoms with E-state index in [0.29, 0.717) is 35.4 Å². The molecule has 2 amide bonds. The van der Waals surface area contributed by atoms with E-state index in [1.807, 2.05) is 13.0 Å². The molecule has 174 valence electrons. The van der Waals surface area contributed by atoms with Gasteiger partial charge in [0.2, 0.25) is 0 Å². The van der Waals surface area contributed by atoms with E-state index in [1.165, 1.54) is 17.2 Å². The van der Waals surface area contributed by atoms with Crippen molar-refractivity contribution in [1.29, 1.82) is 0 Å². The molecule has 2 aliphatic rings. The van der Waals surface area contributed by atoms with Gasteiger partial charge in [-0.15, -0.1) is 0 Å². The molecule has 0 spiro atoms. The van der Waals surface area contributed by atoms with E-state index in [1.54, 1.807) is 26.0 Å². The van der Waals surface area contributed by atoms with Crippen LogP contribution in [0, 0.1) is 12.7 Å². The van der Waals surface area contributed by atoms with E-state index in [4.69, 9.17) is 32.9 Å². The number of hydrogen-bond acceptors (Lipinski definition) is 5. The Hall–Kier alpha value is -2.68. The molecule has 33 heavy (non-hydrogen) atoms. The van der Waals surface area contributed by atoms with Gasteiger partial charge in [-0.1, -0.05) is 34.4 Å². The number of rotatable bonds is 5. The van der Waals surface area contributed by atoms with Crippen LogP contribution in [0.2, 0.25) is 10.0 Å². The molecule has 2 atom stereocenters. The van der Waals surface area contributed by atoms with Crippen LogP contribution in [0.4, 0.5) is 4.39 Å². The van der Waals surface area contributed by atoms with E-state index in [0.717, 1.165) is 5.56 Å². The Balaban J connectivity index is 1.48. The van der Waals surface area contributed by atoms with Crippen molar-refractivity contribution in [2.75, 3.05) is 13.2 Å². The Bertz CT molecular complexity index is 1150. The quantitative estimate of drug-likeness (QED) is 0.627.